The maximum absolute atomic E-state index is 13.4. The summed E-state index contributed by atoms with van der Waals surface area (Å²) in [6.45, 7) is 2.64. The number of amides is 1. The lowest BCUT2D eigenvalue weighted by molar-refractivity contribution is 0.0924. The number of nitrogens with zero attached hydrogens (tertiary/aromatic N) is 1. The zero-order valence-corrected chi connectivity index (χ0v) is 19.8. The van der Waals surface area contributed by atoms with Crippen molar-refractivity contribution in [1.29, 1.82) is 0 Å². The van der Waals surface area contributed by atoms with Crippen LogP contribution in [0.5, 0.6) is 0 Å². The largest absolute Gasteiger partial charge is 0.378 e. The van der Waals surface area contributed by atoms with Crippen LogP contribution in [0.1, 0.15) is 57.3 Å². The van der Waals surface area contributed by atoms with Crippen LogP contribution in [-0.2, 0) is 30.7 Å². The molecule has 0 aliphatic heterocycles. The van der Waals surface area contributed by atoms with Crippen LogP contribution in [0.15, 0.2) is 59.4 Å². The molecule has 0 spiro atoms. The molecule has 1 N–H and O–H groups in total. The maximum Gasteiger partial charge on any atom is 0.257 e. The number of pyridine rings is 1. The Morgan fingerprint density at radius 2 is 1.94 bits per heavy atom. The highest BCUT2D eigenvalue weighted by Gasteiger charge is 2.26. The van der Waals surface area contributed by atoms with E-state index in [1.54, 1.807) is 7.11 Å². The lowest BCUT2D eigenvalue weighted by Crippen LogP contribution is -2.36. The SMILES string of the molecule is COCc1c(C(=O)N[C@@H]2CCCc3ccccc32)c(=O)cc(C)n1CCc1ccccc1Cl. The van der Waals surface area contributed by atoms with Crippen molar-refractivity contribution in [3.63, 3.8) is 0 Å². The fraction of sp³-hybridized carbons (Fsp3) is 0.333. The number of fused-ring (bicyclic) bond motifs is 1. The Morgan fingerprint density at radius 1 is 1.18 bits per heavy atom. The molecular weight excluding hydrogens is 436 g/mol. The molecule has 1 aromatic heterocycles. The van der Waals surface area contributed by atoms with Gasteiger partial charge in [-0.1, -0.05) is 54.1 Å². The highest BCUT2D eigenvalue weighted by molar-refractivity contribution is 6.31. The molecule has 0 bridgehead atoms. The number of carbonyl (C=O) groups is 1. The van der Waals surface area contributed by atoms with Crippen molar-refractivity contribution in [1.82, 2.24) is 9.88 Å². The van der Waals surface area contributed by atoms with Crippen molar-refractivity contribution in [3.05, 3.63) is 103 Å². The Balaban J connectivity index is 1.66. The Kier molecular flexibility index (Phi) is 7.31. The van der Waals surface area contributed by atoms with Crippen molar-refractivity contribution in [3.8, 4) is 0 Å². The van der Waals surface area contributed by atoms with Crippen molar-refractivity contribution in [2.75, 3.05) is 7.11 Å². The molecule has 33 heavy (non-hydrogen) atoms. The predicted molar refractivity (Wildman–Crippen MR) is 131 cm³/mol. The van der Waals surface area contributed by atoms with Crippen LogP contribution in [0.25, 0.3) is 0 Å². The zero-order valence-electron chi connectivity index (χ0n) is 19.1. The Hall–Kier alpha value is -2.89. The summed E-state index contributed by atoms with van der Waals surface area (Å²) in [5.74, 6) is -0.347. The maximum atomic E-state index is 13.4. The average molecular weight is 465 g/mol. The summed E-state index contributed by atoms with van der Waals surface area (Å²) in [5, 5.41) is 3.84. The number of nitrogens with one attached hydrogen (secondary N) is 1. The highest BCUT2D eigenvalue weighted by Crippen LogP contribution is 2.29. The van der Waals surface area contributed by atoms with E-state index in [0.29, 0.717) is 23.7 Å². The van der Waals surface area contributed by atoms with Gasteiger partial charge in [0, 0.05) is 30.4 Å². The molecule has 0 saturated heterocycles. The van der Waals surface area contributed by atoms with Crippen LogP contribution in [0.3, 0.4) is 0 Å². The monoisotopic (exact) mass is 464 g/mol. The summed E-state index contributed by atoms with van der Waals surface area (Å²) in [6, 6.07) is 17.3. The van der Waals surface area contributed by atoms with Gasteiger partial charge in [0.25, 0.3) is 5.91 Å². The summed E-state index contributed by atoms with van der Waals surface area (Å²) < 4.78 is 7.42. The Bertz CT molecular complexity index is 1220. The minimum Gasteiger partial charge on any atom is -0.378 e. The molecule has 172 valence electrons. The fourth-order valence-electron chi connectivity index (χ4n) is 4.74. The summed E-state index contributed by atoms with van der Waals surface area (Å²) in [4.78, 5) is 26.4. The number of methoxy groups -OCH3 is 1. The predicted octanol–water partition coefficient (Wildman–Crippen LogP) is 5.01. The third-order valence-electron chi connectivity index (χ3n) is 6.37. The van der Waals surface area contributed by atoms with Crippen LogP contribution < -0.4 is 10.7 Å². The van der Waals surface area contributed by atoms with E-state index in [2.05, 4.69) is 17.4 Å². The molecule has 1 atom stereocenters. The van der Waals surface area contributed by atoms with Crippen LogP contribution >= 0.6 is 11.6 Å². The van der Waals surface area contributed by atoms with Gasteiger partial charge in [0.05, 0.1) is 18.3 Å². The molecule has 4 rings (SSSR count). The molecule has 5 nitrogen and oxygen atoms in total. The smallest absolute Gasteiger partial charge is 0.257 e. The summed E-state index contributed by atoms with van der Waals surface area (Å²) in [7, 11) is 1.57. The van der Waals surface area contributed by atoms with E-state index in [0.717, 1.165) is 36.1 Å². The summed E-state index contributed by atoms with van der Waals surface area (Å²) in [6.07, 6.45) is 3.55. The van der Waals surface area contributed by atoms with E-state index in [1.807, 2.05) is 47.9 Å². The van der Waals surface area contributed by atoms with Gasteiger partial charge in [-0.15, -0.1) is 0 Å². The fourth-order valence-corrected chi connectivity index (χ4v) is 4.97. The van der Waals surface area contributed by atoms with Gasteiger partial charge in [-0.05, 0) is 55.4 Å². The molecule has 1 amide bonds. The lowest BCUT2D eigenvalue weighted by atomic mass is 9.87. The first-order valence-corrected chi connectivity index (χ1v) is 11.7. The van der Waals surface area contributed by atoms with Gasteiger partial charge in [-0.2, -0.15) is 0 Å². The number of aromatic nitrogens is 1. The third kappa shape index (κ3) is 5.05. The normalized spacial score (nSPS) is 15.2. The number of hydrogen-bond acceptors (Lipinski definition) is 3. The van der Waals surface area contributed by atoms with Gasteiger partial charge in [-0.3, -0.25) is 9.59 Å². The van der Waals surface area contributed by atoms with Gasteiger partial charge >= 0.3 is 0 Å². The summed E-state index contributed by atoms with van der Waals surface area (Å²) in [5.41, 5.74) is 4.67. The molecule has 1 heterocycles. The van der Waals surface area contributed by atoms with E-state index >= 15 is 0 Å². The molecule has 1 aliphatic carbocycles. The number of halogens is 1. The molecule has 6 heteroatoms. The van der Waals surface area contributed by atoms with Crippen LogP contribution in [0.2, 0.25) is 5.02 Å². The van der Waals surface area contributed by atoms with Gasteiger partial charge in [0.1, 0.15) is 5.56 Å². The van der Waals surface area contributed by atoms with E-state index < -0.39 is 0 Å². The minimum absolute atomic E-state index is 0.102. The molecule has 2 aromatic carbocycles. The number of carbonyl (C=O) groups excluding carboxylic acids is 1. The van der Waals surface area contributed by atoms with Gasteiger partial charge in [-0.25, -0.2) is 0 Å². The second-order valence-corrected chi connectivity index (χ2v) is 8.92. The van der Waals surface area contributed by atoms with Crippen LogP contribution in [-0.4, -0.2) is 17.6 Å². The molecule has 1 aliphatic rings. The molecule has 0 fully saturated rings. The zero-order chi connectivity index (χ0) is 23.4. The van der Waals surface area contributed by atoms with E-state index in [-0.39, 0.29) is 29.5 Å². The molecular formula is C27H29ClN2O3. The standard InChI is InChI=1S/C27H29ClN2O3/c1-18-16-25(31)26(27(32)29-23-13-7-10-19-8-3-5-11-21(19)23)24(17-33-2)30(18)15-14-20-9-4-6-12-22(20)28/h3-6,8-9,11-12,16,23H,7,10,13-15,17H2,1-2H3,(H,29,32)/t23-/m1/s1. The first kappa shape index (κ1) is 23.3. The minimum atomic E-state index is -0.347. The molecule has 0 radical (unpaired) electrons. The third-order valence-corrected chi connectivity index (χ3v) is 6.74. The second kappa shape index (κ2) is 10.4. The molecule has 0 saturated carbocycles. The topological polar surface area (TPSA) is 60.3 Å². The number of hydrogen-bond donors (Lipinski definition) is 1. The molecule has 0 unspecified atom stereocenters. The first-order valence-electron chi connectivity index (χ1n) is 11.3. The highest BCUT2D eigenvalue weighted by atomic mass is 35.5. The number of ether oxygens (including phenoxy) is 1. The van der Waals surface area contributed by atoms with Crippen molar-refractivity contribution in [2.45, 2.75) is 51.8 Å². The van der Waals surface area contributed by atoms with Crippen molar-refractivity contribution in [2.24, 2.45) is 0 Å². The lowest BCUT2D eigenvalue weighted by Gasteiger charge is -2.27. The number of rotatable bonds is 7. The van der Waals surface area contributed by atoms with Crippen LogP contribution in [0.4, 0.5) is 0 Å². The quantitative estimate of drug-likeness (QED) is 0.534. The van der Waals surface area contributed by atoms with Gasteiger partial charge in [0.15, 0.2) is 5.43 Å². The van der Waals surface area contributed by atoms with Crippen LogP contribution in [0, 0.1) is 6.92 Å². The average Bonchev–Trinajstić information content (AvgIpc) is 2.80. The second-order valence-electron chi connectivity index (χ2n) is 8.51. The number of aryl methyl sites for hydroxylation is 3. The first-order chi connectivity index (χ1) is 16.0. The number of benzene rings is 2. The van der Waals surface area contributed by atoms with Gasteiger partial charge in [0.2, 0.25) is 0 Å². The summed E-state index contributed by atoms with van der Waals surface area (Å²) >= 11 is 6.34. The van der Waals surface area contributed by atoms with Gasteiger partial charge < -0.3 is 14.6 Å². The van der Waals surface area contributed by atoms with Crippen molar-refractivity contribution < 1.29 is 9.53 Å². The van der Waals surface area contributed by atoms with E-state index in [4.69, 9.17) is 16.3 Å². The van der Waals surface area contributed by atoms with E-state index in [1.165, 1.54) is 11.6 Å². The molecule has 3 aromatic rings. The van der Waals surface area contributed by atoms with Crippen molar-refractivity contribution >= 4 is 17.5 Å². The van der Waals surface area contributed by atoms with E-state index in [9.17, 15) is 9.59 Å². The Labute approximate surface area is 199 Å². The Morgan fingerprint density at radius 3 is 2.73 bits per heavy atom.